The van der Waals surface area contributed by atoms with E-state index in [9.17, 15) is 4.79 Å². The molecule has 0 fully saturated rings. The monoisotopic (exact) mass is 368 g/mol. The summed E-state index contributed by atoms with van der Waals surface area (Å²) in [6.45, 7) is 2.91. The van der Waals surface area contributed by atoms with Crippen molar-refractivity contribution in [2.75, 3.05) is 6.54 Å². The quantitative estimate of drug-likeness (QED) is 0.503. The van der Waals surface area contributed by atoms with Gasteiger partial charge in [0.15, 0.2) is 0 Å². The summed E-state index contributed by atoms with van der Waals surface area (Å²) in [5.74, 6) is 0.884. The van der Waals surface area contributed by atoms with Crippen LogP contribution in [0.4, 0.5) is 0 Å². The molecule has 124 valence electrons. The molecular formula is C17H21ClN2OS2. The molecule has 0 saturated heterocycles. The van der Waals surface area contributed by atoms with Crippen molar-refractivity contribution in [2.24, 2.45) is 0 Å². The molecule has 0 atom stereocenters. The number of carbonyl (C=O) groups is 1. The first-order valence-corrected chi connectivity index (χ1v) is 10.00. The number of benzene rings is 1. The lowest BCUT2D eigenvalue weighted by Gasteiger charge is -2.02. The van der Waals surface area contributed by atoms with Gasteiger partial charge < -0.3 is 5.32 Å². The first-order valence-electron chi connectivity index (χ1n) is 7.75. The van der Waals surface area contributed by atoms with Crippen LogP contribution >= 0.6 is 34.7 Å². The van der Waals surface area contributed by atoms with Crippen LogP contribution in [0.1, 0.15) is 37.4 Å². The molecule has 0 aliphatic rings. The van der Waals surface area contributed by atoms with E-state index in [0.29, 0.717) is 6.42 Å². The second kappa shape index (κ2) is 9.96. The molecule has 0 aliphatic heterocycles. The number of halogens is 1. The summed E-state index contributed by atoms with van der Waals surface area (Å²) in [7, 11) is 0. The number of hydrogen-bond donors (Lipinski definition) is 1. The Balaban J connectivity index is 1.75. The third kappa shape index (κ3) is 6.94. The number of carbonyl (C=O) groups excluding carboxylic acids is 1. The number of nitrogens with one attached hydrogen (secondary N) is 1. The Kier molecular flexibility index (Phi) is 7.92. The minimum absolute atomic E-state index is 0.0535. The summed E-state index contributed by atoms with van der Waals surface area (Å²) in [6.07, 6.45) is 3.72. The molecule has 0 saturated carbocycles. The fourth-order valence-electron chi connectivity index (χ4n) is 2.04. The Morgan fingerprint density at radius 2 is 2.26 bits per heavy atom. The Bertz CT molecular complexity index is 631. The molecule has 0 spiro atoms. The Hall–Kier alpha value is -1.04. The minimum Gasteiger partial charge on any atom is -0.356 e. The second-order valence-electron chi connectivity index (χ2n) is 5.26. The topological polar surface area (TPSA) is 42.0 Å². The van der Waals surface area contributed by atoms with Gasteiger partial charge in [-0.15, -0.1) is 11.3 Å². The number of unbranched alkanes of at least 4 members (excludes halogenated alkanes) is 2. The average molecular weight is 369 g/mol. The third-order valence-corrected chi connectivity index (χ3v) is 5.60. The Morgan fingerprint density at radius 1 is 1.39 bits per heavy atom. The highest BCUT2D eigenvalue weighted by atomic mass is 35.5. The zero-order valence-corrected chi connectivity index (χ0v) is 15.6. The number of hydrogen-bond acceptors (Lipinski definition) is 4. The SMILES string of the molecule is CCCCCNC(=O)Cc1csc(SCc2cccc(Cl)c2)n1. The van der Waals surface area contributed by atoms with Gasteiger partial charge in [0.05, 0.1) is 12.1 Å². The molecular weight excluding hydrogens is 348 g/mol. The third-order valence-electron chi connectivity index (χ3n) is 3.23. The highest BCUT2D eigenvalue weighted by molar-refractivity contribution is 8.00. The number of thioether (sulfide) groups is 1. The highest BCUT2D eigenvalue weighted by Gasteiger charge is 2.08. The predicted molar refractivity (Wildman–Crippen MR) is 99.4 cm³/mol. The highest BCUT2D eigenvalue weighted by Crippen LogP contribution is 2.27. The molecule has 1 N–H and O–H groups in total. The minimum atomic E-state index is 0.0535. The van der Waals surface area contributed by atoms with Gasteiger partial charge in [-0.3, -0.25) is 4.79 Å². The molecule has 0 bridgehead atoms. The lowest BCUT2D eigenvalue weighted by Crippen LogP contribution is -2.26. The van der Waals surface area contributed by atoms with Crippen LogP contribution in [0.3, 0.4) is 0 Å². The van der Waals surface area contributed by atoms with Gasteiger partial charge in [-0.05, 0) is 24.1 Å². The molecule has 0 unspecified atom stereocenters. The smallest absolute Gasteiger partial charge is 0.226 e. The van der Waals surface area contributed by atoms with E-state index in [4.69, 9.17) is 11.6 Å². The van der Waals surface area contributed by atoms with Crippen molar-refractivity contribution in [2.45, 2.75) is 42.7 Å². The van der Waals surface area contributed by atoms with E-state index in [0.717, 1.165) is 46.6 Å². The van der Waals surface area contributed by atoms with E-state index < -0.39 is 0 Å². The summed E-state index contributed by atoms with van der Waals surface area (Å²) < 4.78 is 0.985. The molecule has 23 heavy (non-hydrogen) atoms. The Morgan fingerprint density at radius 3 is 3.04 bits per heavy atom. The largest absolute Gasteiger partial charge is 0.356 e. The van der Waals surface area contributed by atoms with Crippen molar-refractivity contribution >= 4 is 40.6 Å². The van der Waals surface area contributed by atoms with Gasteiger partial charge in [0, 0.05) is 22.7 Å². The first kappa shape index (κ1) is 18.3. The van der Waals surface area contributed by atoms with Gasteiger partial charge in [-0.25, -0.2) is 4.98 Å². The molecule has 0 radical (unpaired) electrons. The second-order valence-corrected chi connectivity index (χ2v) is 7.77. The van der Waals surface area contributed by atoms with Gasteiger partial charge >= 0.3 is 0 Å². The van der Waals surface area contributed by atoms with E-state index in [1.54, 1.807) is 23.1 Å². The summed E-state index contributed by atoms with van der Waals surface area (Å²) >= 11 is 9.24. The van der Waals surface area contributed by atoms with Gasteiger partial charge in [-0.2, -0.15) is 0 Å². The lowest BCUT2D eigenvalue weighted by atomic mass is 10.2. The number of nitrogens with zero attached hydrogens (tertiary/aromatic N) is 1. The van der Waals surface area contributed by atoms with Crippen LogP contribution in [0.5, 0.6) is 0 Å². The molecule has 1 amide bonds. The number of aromatic nitrogens is 1. The maximum atomic E-state index is 11.8. The zero-order chi connectivity index (χ0) is 16.5. The van der Waals surface area contributed by atoms with Crippen molar-refractivity contribution < 1.29 is 4.79 Å². The van der Waals surface area contributed by atoms with E-state index in [-0.39, 0.29) is 5.91 Å². The lowest BCUT2D eigenvalue weighted by molar-refractivity contribution is -0.120. The van der Waals surface area contributed by atoms with E-state index in [2.05, 4.69) is 23.3 Å². The molecule has 1 aromatic heterocycles. The van der Waals surface area contributed by atoms with Crippen LogP contribution in [-0.4, -0.2) is 17.4 Å². The maximum absolute atomic E-state index is 11.8. The van der Waals surface area contributed by atoms with Crippen molar-refractivity contribution in [3.63, 3.8) is 0 Å². The Labute approximate surface area is 150 Å². The van der Waals surface area contributed by atoms with Crippen LogP contribution in [0.15, 0.2) is 34.0 Å². The van der Waals surface area contributed by atoms with Crippen molar-refractivity contribution in [1.82, 2.24) is 10.3 Å². The summed E-state index contributed by atoms with van der Waals surface area (Å²) in [4.78, 5) is 16.4. The van der Waals surface area contributed by atoms with Crippen LogP contribution < -0.4 is 5.32 Å². The molecule has 3 nitrogen and oxygen atoms in total. The fourth-order valence-corrected chi connectivity index (χ4v) is 4.04. The van der Waals surface area contributed by atoms with Crippen LogP contribution in [-0.2, 0) is 17.0 Å². The first-order chi connectivity index (χ1) is 11.2. The van der Waals surface area contributed by atoms with Gasteiger partial charge in [-0.1, -0.05) is 55.3 Å². The standard InChI is InChI=1S/C17H21ClN2OS2/c1-2-3-4-8-19-16(21)10-15-12-23-17(20-15)22-11-13-6-5-7-14(18)9-13/h5-7,9,12H,2-4,8,10-11H2,1H3,(H,19,21). The van der Waals surface area contributed by atoms with Crippen LogP contribution in [0, 0.1) is 0 Å². The zero-order valence-electron chi connectivity index (χ0n) is 13.2. The summed E-state index contributed by atoms with van der Waals surface area (Å²) in [6, 6.07) is 7.84. The molecule has 6 heteroatoms. The molecule has 1 heterocycles. The fraction of sp³-hybridized carbons (Fsp3) is 0.412. The molecule has 2 aromatic rings. The summed E-state index contributed by atoms with van der Waals surface area (Å²) in [5, 5.41) is 5.66. The molecule has 0 aliphatic carbocycles. The van der Waals surface area contributed by atoms with E-state index in [1.165, 1.54) is 5.56 Å². The van der Waals surface area contributed by atoms with Gasteiger partial charge in [0.25, 0.3) is 0 Å². The number of amides is 1. The molecule has 2 rings (SSSR count). The van der Waals surface area contributed by atoms with E-state index >= 15 is 0 Å². The molecule has 1 aromatic carbocycles. The van der Waals surface area contributed by atoms with E-state index in [1.807, 2.05) is 23.6 Å². The average Bonchev–Trinajstić information content (AvgIpc) is 2.97. The summed E-state index contributed by atoms with van der Waals surface area (Å²) in [5.41, 5.74) is 2.02. The van der Waals surface area contributed by atoms with Crippen molar-refractivity contribution in [3.05, 3.63) is 45.9 Å². The van der Waals surface area contributed by atoms with Gasteiger partial charge in [0.2, 0.25) is 5.91 Å². The maximum Gasteiger partial charge on any atom is 0.226 e. The van der Waals surface area contributed by atoms with Crippen LogP contribution in [0.2, 0.25) is 5.02 Å². The van der Waals surface area contributed by atoms with Gasteiger partial charge in [0.1, 0.15) is 4.34 Å². The number of thiazole rings is 1. The predicted octanol–water partition coefficient (Wildman–Crippen LogP) is 4.94. The number of rotatable bonds is 9. The normalized spacial score (nSPS) is 10.7. The van der Waals surface area contributed by atoms with Crippen molar-refractivity contribution in [1.29, 1.82) is 0 Å². The van der Waals surface area contributed by atoms with Crippen molar-refractivity contribution in [3.8, 4) is 0 Å². The van der Waals surface area contributed by atoms with Crippen LogP contribution in [0.25, 0.3) is 0 Å².